The molecule has 0 heterocycles. The molecule has 3 aromatic rings. The van der Waals surface area contributed by atoms with E-state index in [1.165, 1.54) is 16.7 Å². The van der Waals surface area contributed by atoms with Gasteiger partial charge in [-0.15, -0.1) is 0 Å². The molecule has 0 bridgehead atoms. The molecule has 34 heavy (non-hydrogen) atoms. The summed E-state index contributed by atoms with van der Waals surface area (Å²) in [4.78, 5) is 24.4. The van der Waals surface area contributed by atoms with Crippen LogP contribution in [0.5, 0.6) is 0 Å². The van der Waals surface area contributed by atoms with Crippen molar-refractivity contribution in [2.45, 2.75) is 27.2 Å². The van der Waals surface area contributed by atoms with Gasteiger partial charge in [0.2, 0.25) is 0 Å². The second-order valence-corrected chi connectivity index (χ2v) is 8.80. The Labute approximate surface area is 208 Å². The lowest BCUT2D eigenvalue weighted by atomic mass is 9.99. The van der Waals surface area contributed by atoms with Crippen LogP contribution in [0.2, 0.25) is 0 Å². The Balaban J connectivity index is 1.73. The van der Waals surface area contributed by atoms with Crippen molar-refractivity contribution in [1.29, 1.82) is 5.26 Å². The molecule has 0 unspecified atom stereocenters. The zero-order valence-electron chi connectivity index (χ0n) is 19.3. The number of halogens is 1. The fourth-order valence-corrected chi connectivity index (χ4v) is 4.14. The molecule has 0 radical (unpaired) electrons. The van der Waals surface area contributed by atoms with Crippen LogP contribution >= 0.6 is 15.9 Å². The van der Waals surface area contributed by atoms with E-state index in [0.717, 1.165) is 22.0 Å². The minimum absolute atomic E-state index is 0.0246. The van der Waals surface area contributed by atoms with Crippen LogP contribution in [0, 0.1) is 25.2 Å². The molecule has 0 fully saturated rings. The number of aryl methyl sites for hydroxylation is 2. The number of hydrogen-bond donors (Lipinski definition) is 1. The van der Waals surface area contributed by atoms with Gasteiger partial charge in [0.15, 0.2) is 0 Å². The number of nitriles is 1. The Kier molecular flexibility index (Phi) is 8.39. The quantitative estimate of drug-likeness (QED) is 0.224. The summed E-state index contributed by atoms with van der Waals surface area (Å²) in [7, 11) is 0. The van der Waals surface area contributed by atoms with Crippen LogP contribution < -0.4 is 5.32 Å². The number of carbonyl (C=O) groups excluding carboxylic acids is 2. The molecule has 3 aromatic carbocycles. The molecule has 0 aliphatic heterocycles. The molecule has 1 N–H and O–H groups in total. The first-order chi connectivity index (χ1) is 16.3. The number of ether oxygens (including phenoxy) is 1. The standard InChI is InChI=1S/C28H25BrN2O3/c1-4-34-28(33)22-7-9-25(10-8-22)31-27(32)24(17-30)14-20-5-6-23(26(29)16-20)15-21-12-18(2)11-19(3)13-21/h5-14,16H,4,15H2,1-3H3,(H,31,32)/b24-14+. The summed E-state index contributed by atoms with van der Waals surface area (Å²) < 4.78 is 5.86. The SMILES string of the molecule is CCOC(=O)c1ccc(NC(=O)/C(C#N)=C/c2ccc(Cc3cc(C)cc(C)c3)c(Br)c2)cc1. The number of benzene rings is 3. The van der Waals surface area contributed by atoms with Crippen molar-refractivity contribution in [3.63, 3.8) is 0 Å². The van der Waals surface area contributed by atoms with Crippen LogP contribution in [0.4, 0.5) is 5.69 Å². The molecule has 172 valence electrons. The van der Waals surface area contributed by atoms with E-state index < -0.39 is 11.9 Å². The average molecular weight is 517 g/mol. The van der Waals surface area contributed by atoms with E-state index in [9.17, 15) is 14.9 Å². The number of esters is 1. The summed E-state index contributed by atoms with van der Waals surface area (Å²) in [6.45, 7) is 6.20. The second-order valence-electron chi connectivity index (χ2n) is 7.95. The van der Waals surface area contributed by atoms with Gasteiger partial charge in [-0.1, -0.05) is 57.4 Å². The average Bonchev–Trinajstić information content (AvgIpc) is 2.79. The molecular weight excluding hydrogens is 492 g/mol. The monoisotopic (exact) mass is 516 g/mol. The van der Waals surface area contributed by atoms with Crippen molar-refractivity contribution >= 4 is 39.6 Å². The van der Waals surface area contributed by atoms with E-state index in [0.29, 0.717) is 11.3 Å². The molecule has 0 saturated heterocycles. The fraction of sp³-hybridized carbons (Fsp3) is 0.179. The van der Waals surface area contributed by atoms with E-state index in [1.807, 2.05) is 24.3 Å². The third kappa shape index (κ3) is 6.66. The van der Waals surface area contributed by atoms with E-state index in [1.54, 1.807) is 37.3 Å². The van der Waals surface area contributed by atoms with Crippen LogP contribution in [0.3, 0.4) is 0 Å². The van der Waals surface area contributed by atoms with Crippen LogP contribution in [-0.2, 0) is 16.0 Å². The van der Waals surface area contributed by atoms with Crippen molar-refractivity contribution in [1.82, 2.24) is 0 Å². The topological polar surface area (TPSA) is 79.2 Å². The van der Waals surface area contributed by atoms with Crippen molar-refractivity contribution in [3.05, 3.63) is 104 Å². The van der Waals surface area contributed by atoms with Crippen LogP contribution in [0.1, 0.15) is 45.1 Å². The first-order valence-electron chi connectivity index (χ1n) is 10.8. The van der Waals surface area contributed by atoms with Crippen LogP contribution in [0.25, 0.3) is 6.08 Å². The second kappa shape index (κ2) is 11.4. The molecule has 5 nitrogen and oxygen atoms in total. The number of rotatable bonds is 7. The van der Waals surface area contributed by atoms with Crippen molar-refractivity contribution in [3.8, 4) is 6.07 Å². The molecule has 0 aromatic heterocycles. The molecule has 6 heteroatoms. The summed E-state index contributed by atoms with van der Waals surface area (Å²) in [5.74, 6) is -0.952. The Morgan fingerprint density at radius 3 is 2.29 bits per heavy atom. The van der Waals surface area contributed by atoms with Gasteiger partial charge < -0.3 is 10.1 Å². The minimum atomic E-state index is -0.526. The number of hydrogen-bond acceptors (Lipinski definition) is 4. The van der Waals surface area contributed by atoms with E-state index in [-0.39, 0.29) is 12.2 Å². The van der Waals surface area contributed by atoms with E-state index in [4.69, 9.17) is 4.74 Å². The first-order valence-corrected chi connectivity index (χ1v) is 11.6. The third-order valence-corrected chi connectivity index (χ3v) is 5.82. The molecule has 0 atom stereocenters. The lowest BCUT2D eigenvalue weighted by Gasteiger charge is -2.09. The number of nitrogens with zero attached hydrogens (tertiary/aromatic N) is 1. The van der Waals surface area contributed by atoms with Gasteiger partial charge >= 0.3 is 5.97 Å². The molecule has 1 amide bonds. The fourth-order valence-electron chi connectivity index (χ4n) is 3.61. The van der Waals surface area contributed by atoms with Gasteiger partial charge in [-0.3, -0.25) is 4.79 Å². The predicted molar refractivity (Wildman–Crippen MR) is 137 cm³/mol. The summed E-state index contributed by atoms with van der Waals surface area (Å²) >= 11 is 3.62. The maximum Gasteiger partial charge on any atom is 0.338 e. The Morgan fingerprint density at radius 2 is 1.71 bits per heavy atom. The molecule has 0 saturated carbocycles. The summed E-state index contributed by atoms with van der Waals surface area (Å²) in [5, 5.41) is 12.2. The largest absolute Gasteiger partial charge is 0.462 e. The highest BCUT2D eigenvalue weighted by Gasteiger charge is 2.12. The van der Waals surface area contributed by atoms with Gasteiger partial charge in [0, 0.05) is 10.2 Å². The summed E-state index contributed by atoms with van der Waals surface area (Å²) in [5.41, 5.74) is 6.38. The number of amides is 1. The Bertz CT molecular complexity index is 1270. The van der Waals surface area contributed by atoms with Crippen LogP contribution in [-0.4, -0.2) is 18.5 Å². The van der Waals surface area contributed by atoms with Gasteiger partial charge in [-0.25, -0.2) is 4.79 Å². The van der Waals surface area contributed by atoms with Gasteiger partial charge in [-0.05, 0) is 80.3 Å². The summed E-state index contributed by atoms with van der Waals surface area (Å²) in [6.07, 6.45) is 2.33. The number of carbonyl (C=O) groups is 2. The maximum atomic E-state index is 12.6. The zero-order valence-corrected chi connectivity index (χ0v) is 20.9. The number of nitrogens with one attached hydrogen (secondary N) is 1. The molecule has 0 spiro atoms. The van der Waals surface area contributed by atoms with Gasteiger partial charge in [0.1, 0.15) is 11.6 Å². The molecule has 3 rings (SSSR count). The highest BCUT2D eigenvalue weighted by atomic mass is 79.9. The van der Waals surface area contributed by atoms with E-state index >= 15 is 0 Å². The molecule has 0 aliphatic carbocycles. The van der Waals surface area contributed by atoms with Gasteiger partial charge in [0.05, 0.1) is 12.2 Å². The lowest BCUT2D eigenvalue weighted by molar-refractivity contribution is -0.112. The minimum Gasteiger partial charge on any atom is -0.462 e. The zero-order chi connectivity index (χ0) is 24.7. The van der Waals surface area contributed by atoms with Crippen molar-refractivity contribution in [2.75, 3.05) is 11.9 Å². The normalized spacial score (nSPS) is 11.0. The predicted octanol–water partition coefficient (Wildman–Crippen LogP) is 6.38. The van der Waals surface area contributed by atoms with Crippen molar-refractivity contribution < 1.29 is 14.3 Å². The first kappa shape index (κ1) is 24.9. The lowest BCUT2D eigenvalue weighted by Crippen LogP contribution is -2.13. The third-order valence-electron chi connectivity index (χ3n) is 5.08. The highest BCUT2D eigenvalue weighted by Crippen LogP contribution is 2.24. The van der Waals surface area contributed by atoms with Crippen LogP contribution in [0.15, 0.2) is 70.7 Å². The van der Waals surface area contributed by atoms with Crippen molar-refractivity contribution in [2.24, 2.45) is 0 Å². The Morgan fingerprint density at radius 1 is 1.03 bits per heavy atom. The van der Waals surface area contributed by atoms with Gasteiger partial charge in [0.25, 0.3) is 5.91 Å². The number of anilines is 1. The smallest absolute Gasteiger partial charge is 0.338 e. The summed E-state index contributed by atoms with van der Waals surface area (Å²) in [6, 6.07) is 20.6. The molecular formula is C28H25BrN2O3. The van der Waals surface area contributed by atoms with E-state index in [2.05, 4.69) is 53.3 Å². The van der Waals surface area contributed by atoms with Gasteiger partial charge in [-0.2, -0.15) is 5.26 Å². The molecule has 0 aliphatic rings. The maximum absolute atomic E-state index is 12.6. The highest BCUT2D eigenvalue weighted by molar-refractivity contribution is 9.10. The Hall–Kier alpha value is -3.69.